The highest BCUT2D eigenvalue weighted by Gasteiger charge is 2.52. The van der Waals surface area contributed by atoms with Gasteiger partial charge in [-0.3, -0.25) is 62.9 Å². The van der Waals surface area contributed by atoms with Crippen LogP contribution in [-0.4, -0.2) is 214 Å². The van der Waals surface area contributed by atoms with E-state index in [2.05, 4.69) is 46.9 Å². The fourth-order valence-electron chi connectivity index (χ4n) is 13.5. The van der Waals surface area contributed by atoms with Gasteiger partial charge in [0.05, 0.1) is 18.7 Å². The molecule has 1 saturated carbocycles. The number of aliphatic hydroxyl groups excluding tert-OH is 1. The van der Waals surface area contributed by atoms with Gasteiger partial charge < -0.3 is 96.7 Å². The predicted octanol–water partition coefficient (Wildman–Crippen LogP) is -4.41. The molecule has 92 heavy (non-hydrogen) atoms. The minimum Gasteiger partial charge on any atom is -0.391 e. The molecule has 6 heterocycles. The molecule has 4 saturated heterocycles. The molecule has 31 nitrogen and oxygen atoms in total. The average Bonchev–Trinajstić information content (AvgIpc) is 1.43. The largest absolute Gasteiger partial charge is 0.391 e. The summed E-state index contributed by atoms with van der Waals surface area (Å²) in [6.07, 6.45) is 4.32. The monoisotopic (exact) mass is 1300 g/mol. The van der Waals surface area contributed by atoms with Crippen LogP contribution in [0.3, 0.4) is 0 Å². The molecule has 32 heteroatoms. The number of aliphatic hydroxyl groups is 1. The Labute approximate surface area is 537 Å². The maximum atomic E-state index is 15.6. The lowest BCUT2D eigenvalue weighted by Crippen LogP contribution is -2.61. The first-order chi connectivity index (χ1) is 44.1. The van der Waals surface area contributed by atoms with Gasteiger partial charge >= 0.3 is 0 Å². The number of benzene rings is 1. The second-order valence-electron chi connectivity index (χ2n) is 24.4. The number of guanidine groups is 3. The van der Waals surface area contributed by atoms with E-state index in [0.29, 0.717) is 49.0 Å². The zero-order chi connectivity index (χ0) is 66.2. The summed E-state index contributed by atoms with van der Waals surface area (Å²) in [4.78, 5) is 163. The van der Waals surface area contributed by atoms with Crippen LogP contribution in [0.2, 0.25) is 0 Å². The first-order valence-electron chi connectivity index (χ1n) is 31.8. The van der Waals surface area contributed by atoms with Crippen LogP contribution in [0.4, 0.5) is 0 Å². The number of carbonyl (C=O) groups excluding carboxylic acids is 10. The van der Waals surface area contributed by atoms with E-state index in [1.807, 2.05) is 12.1 Å². The van der Waals surface area contributed by atoms with Gasteiger partial charge in [0, 0.05) is 69.6 Å². The van der Waals surface area contributed by atoms with Crippen molar-refractivity contribution in [1.82, 2.24) is 51.5 Å². The van der Waals surface area contributed by atoms with Gasteiger partial charge in [0.15, 0.2) is 17.9 Å². The molecular formula is C60H90N20O11S. The van der Waals surface area contributed by atoms with E-state index >= 15 is 9.59 Å². The lowest BCUT2D eigenvalue weighted by molar-refractivity contribution is -0.153. The molecule has 2 aromatic rings. The Morgan fingerprint density at radius 2 is 1.43 bits per heavy atom. The zero-order valence-electron chi connectivity index (χ0n) is 51.8. The summed E-state index contributed by atoms with van der Waals surface area (Å²) in [5, 5.41) is 29.4. The van der Waals surface area contributed by atoms with Crippen molar-refractivity contribution in [2.24, 2.45) is 61.0 Å². The fourth-order valence-corrected chi connectivity index (χ4v) is 14.3. The molecule has 21 N–H and O–H groups in total. The minimum absolute atomic E-state index is 0.00422. The van der Waals surface area contributed by atoms with Gasteiger partial charge in [-0.15, -0.1) is 11.3 Å². The van der Waals surface area contributed by atoms with E-state index in [0.717, 1.165) is 24.8 Å². The summed E-state index contributed by atoms with van der Waals surface area (Å²) in [7, 11) is 0. The number of β-amino-alcohol motifs (C(OH)–C–C–N with tert-alkyl or cyclic N) is 1. The van der Waals surface area contributed by atoms with Gasteiger partial charge in [-0.05, 0) is 112 Å². The molecule has 5 aliphatic heterocycles. The summed E-state index contributed by atoms with van der Waals surface area (Å²) >= 11 is 1.31. The number of nitrogens with zero attached hydrogens (tertiary/aromatic N) is 7. The van der Waals surface area contributed by atoms with E-state index in [1.54, 1.807) is 34.5 Å². The second kappa shape index (κ2) is 32.6. The number of rotatable bonds is 24. The molecule has 1 aromatic carbocycles. The second-order valence-corrected chi connectivity index (χ2v) is 25.4. The Hall–Kier alpha value is -8.65. The standard InChI is InChI=1S/C60H90N20O11S/c61-38(14-5-21-69-58(62)63)49(83)75-40(16-7-23-71-60(66)67)54(88)77-25-8-18-44(77)56(90)79-32-35(81)29-45(79)52(86)72-31-47(82)73-42(30-36-12-9-27-92-36)51(85)76-41-19-24-68-50(84)39(15-6-22-70-59(64)65)74-53(87)46-28-34-11-2-4-17-43(34)80(46)57(91)48-37-13-3-1-10-33(37)20-26-78(48)55(41)89/h1,3,9-10,12-13,27,34-35,38-46,48,81H,2,4-8,11,14-26,28-32,61H2,(H,68,84)(H,72,86)(H,73,82)(H,74,87)(H,75,83)(H,76,85)(H4,62,63,69)(H4,64,65,70)(H4,66,67,71)/t34?,35-,38-,39+,40+,41+,42+,43?,44+,45+,46+,48-/m1/s1. The van der Waals surface area contributed by atoms with Crippen molar-refractivity contribution in [3.05, 3.63) is 57.8 Å². The number of amides is 10. The first-order valence-corrected chi connectivity index (χ1v) is 32.7. The average molecular weight is 1300 g/mol. The number of nitrogens with one attached hydrogen (secondary N) is 6. The third-order valence-electron chi connectivity index (χ3n) is 18.0. The van der Waals surface area contributed by atoms with Crippen LogP contribution in [0, 0.1) is 5.92 Å². The van der Waals surface area contributed by atoms with Crippen molar-refractivity contribution in [2.45, 2.75) is 176 Å². The van der Waals surface area contributed by atoms with Crippen molar-refractivity contribution in [2.75, 3.05) is 52.4 Å². The number of carbonyl (C=O) groups is 10. The Morgan fingerprint density at radius 3 is 2.15 bits per heavy atom. The van der Waals surface area contributed by atoms with Crippen LogP contribution in [-0.2, 0) is 60.8 Å². The highest BCUT2D eigenvalue weighted by Crippen LogP contribution is 2.43. The molecule has 1 aliphatic carbocycles. The van der Waals surface area contributed by atoms with Crippen LogP contribution in [0.15, 0.2) is 56.8 Å². The Kier molecular flexibility index (Phi) is 24.5. The fraction of sp³-hybridized carbons (Fsp3) is 0.617. The number of likely N-dealkylation sites (tertiary alicyclic amines) is 2. The van der Waals surface area contributed by atoms with Crippen molar-refractivity contribution in [1.29, 1.82) is 0 Å². The summed E-state index contributed by atoms with van der Waals surface area (Å²) in [5.74, 6) is -6.75. The van der Waals surface area contributed by atoms with E-state index in [-0.39, 0.29) is 127 Å². The van der Waals surface area contributed by atoms with Gasteiger partial charge in [-0.25, -0.2) is 0 Å². The number of fused-ring (bicyclic) bond motifs is 6. The van der Waals surface area contributed by atoms with Crippen LogP contribution < -0.4 is 72.0 Å². The number of hydrogen-bond donors (Lipinski definition) is 14. The SMILES string of the molecule is NC(N)=NCCC[C@@H](N)C(=O)N[C@@H](CCCN=C(N)N)C(=O)N1CCC[C@H]1C(=O)N1C[C@H](O)C[C@H]1C(=O)NCC(=O)N[C@@H](Cc1cccs1)C(=O)N[C@H]1CCNC(=O)[C@H](CCCN=C(N)N)NC(=O)[C@@H]2CC3CCCCC3N2C(=O)[C@H]2c3ccccc3CCN2C1=O. The summed E-state index contributed by atoms with van der Waals surface area (Å²) in [5.41, 5.74) is 40.6. The number of aliphatic imine (C=N–C) groups is 3. The lowest BCUT2D eigenvalue weighted by Gasteiger charge is -2.43. The molecule has 6 aliphatic rings. The molecule has 0 bridgehead atoms. The maximum absolute atomic E-state index is 15.6. The number of nitrogens with two attached hydrogens (primary N) is 7. The smallest absolute Gasteiger partial charge is 0.250 e. The van der Waals surface area contributed by atoms with Crippen molar-refractivity contribution < 1.29 is 53.1 Å². The topological polar surface area (TPSA) is 495 Å². The third-order valence-corrected chi connectivity index (χ3v) is 18.9. The number of thiophene rings is 1. The zero-order valence-corrected chi connectivity index (χ0v) is 52.6. The van der Waals surface area contributed by atoms with Gasteiger partial charge in [-0.1, -0.05) is 43.2 Å². The molecule has 10 amide bonds. The summed E-state index contributed by atoms with van der Waals surface area (Å²) in [6.45, 7) is -0.374. The van der Waals surface area contributed by atoms with Crippen LogP contribution in [0.1, 0.15) is 118 Å². The minimum atomic E-state index is -1.37. The van der Waals surface area contributed by atoms with E-state index < -0.39 is 126 Å². The van der Waals surface area contributed by atoms with Crippen LogP contribution in [0.25, 0.3) is 0 Å². The molecule has 0 spiro atoms. The van der Waals surface area contributed by atoms with Crippen molar-refractivity contribution in [3.8, 4) is 0 Å². The summed E-state index contributed by atoms with van der Waals surface area (Å²) < 4.78 is 0. The molecule has 1 aromatic heterocycles. The molecule has 5 fully saturated rings. The quantitative estimate of drug-likeness (QED) is 0.0268. The van der Waals surface area contributed by atoms with Crippen molar-refractivity contribution >= 4 is 88.3 Å². The first kappa shape index (κ1) is 69.2. The Balaban J connectivity index is 0.977. The molecule has 8 rings (SSSR count). The summed E-state index contributed by atoms with van der Waals surface area (Å²) in [6, 6.07) is 0.0978. The van der Waals surface area contributed by atoms with Gasteiger partial charge in [0.1, 0.15) is 48.3 Å². The molecule has 0 radical (unpaired) electrons. The molecule has 12 atom stereocenters. The molecule has 502 valence electrons. The molecular weight excluding hydrogens is 1210 g/mol. The van der Waals surface area contributed by atoms with E-state index in [9.17, 15) is 43.5 Å². The van der Waals surface area contributed by atoms with Crippen LogP contribution >= 0.6 is 11.3 Å². The predicted molar refractivity (Wildman–Crippen MR) is 341 cm³/mol. The maximum Gasteiger partial charge on any atom is 0.250 e. The Bertz CT molecular complexity index is 3080. The van der Waals surface area contributed by atoms with Crippen molar-refractivity contribution in [3.63, 3.8) is 0 Å². The van der Waals surface area contributed by atoms with Crippen LogP contribution in [0.5, 0.6) is 0 Å². The highest BCUT2D eigenvalue weighted by molar-refractivity contribution is 7.09. The molecule has 2 unspecified atom stereocenters. The van der Waals surface area contributed by atoms with Gasteiger partial charge in [0.2, 0.25) is 53.2 Å². The third kappa shape index (κ3) is 17.9. The highest BCUT2D eigenvalue weighted by atomic mass is 32.1. The Morgan fingerprint density at radius 1 is 0.728 bits per heavy atom. The normalized spacial score (nSPS) is 25.0. The van der Waals surface area contributed by atoms with Gasteiger partial charge in [0.25, 0.3) is 5.91 Å². The van der Waals surface area contributed by atoms with E-state index in [1.165, 1.54) is 26.0 Å². The van der Waals surface area contributed by atoms with Gasteiger partial charge in [-0.2, -0.15) is 0 Å². The van der Waals surface area contributed by atoms with E-state index in [4.69, 9.17) is 40.1 Å². The lowest BCUT2D eigenvalue weighted by atomic mass is 9.84. The number of hydrogen-bond acceptors (Lipinski definition) is 16.